The second-order valence-electron chi connectivity index (χ2n) is 7.11. The van der Waals surface area contributed by atoms with Gasteiger partial charge in [-0.15, -0.1) is 11.8 Å². The third-order valence-corrected chi connectivity index (χ3v) is 6.05. The molecule has 160 valence electrons. The Hall–Kier alpha value is -3.23. The van der Waals surface area contributed by atoms with E-state index in [-0.39, 0.29) is 10.6 Å². The van der Waals surface area contributed by atoms with E-state index < -0.39 is 0 Å². The molecule has 7 nitrogen and oxygen atoms in total. The zero-order valence-electron chi connectivity index (χ0n) is 17.2. The zero-order chi connectivity index (χ0) is 22.1. The molecule has 0 fully saturated rings. The highest BCUT2D eigenvalue weighted by molar-refractivity contribution is 8.03. The maximum atomic E-state index is 11.1. The number of benzene rings is 2. The fourth-order valence-corrected chi connectivity index (χ4v) is 4.33. The van der Waals surface area contributed by atoms with Gasteiger partial charge in [0.05, 0.1) is 4.92 Å². The molecule has 2 N–H and O–H groups in total. The maximum absolute atomic E-state index is 11.1. The van der Waals surface area contributed by atoms with Crippen molar-refractivity contribution in [1.82, 2.24) is 4.90 Å². The van der Waals surface area contributed by atoms with Gasteiger partial charge in [0.1, 0.15) is 0 Å². The normalized spacial score (nSPS) is 14.3. The van der Waals surface area contributed by atoms with Crippen LogP contribution in [0.3, 0.4) is 0 Å². The molecule has 1 heterocycles. The van der Waals surface area contributed by atoms with Crippen LogP contribution in [-0.2, 0) is 19.4 Å². The van der Waals surface area contributed by atoms with Crippen LogP contribution in [0.5, 0.6) is 0 Å². The molecule has 2 aromatic rings. The lowest BCUT2D eigenvalue weighted by molar-refractivity contribution is -0.385. The van der Waals surface area contributed by atoms with Gasteiger partial charge in [-0.2, -0.15) is 0 Å². The van der Waals surface area contributed by atoms with Crippen LogP contribution in [0.1, 0.15) is 16.7 Å². The number of fused-ring (bicyclic) bond motifs is 1. The summed E-state index contributed by atoms with van der Waals surface area (Å²) >= 11 is 1.72. The third kappa shape index (κ3) is 6.63. The van der Waals surface area contributed by atoms with E-state index in [1.165, 1.54) is 17.3 Å². The topological polar surface area (TPSA) is 94.6 Å². The van der Waals surface area contributed by atoms with Crippen LogP contribution in [0, 0.1) is 15.5 Å². The number of anilines is 1. The number of nitrogens with zero attached hydrogens (tertiary/aromatic N) is 3. The van der Waals surface area contributed by atoms with Crippen molar-refractivity contribution in [1.29, 1.82) is 5.41 Å². The molecule has 3 rings (SSSR count). The highest BCUT2D eigenvalue weighted by atomic mass is 32.2. The first-order chi connectivity index (χ1) is 15.1. The number of thioether (sulfide) groups is 1. The summed E-state index contributed by atoms with van der Waals surface area (Å²) in [5, 5.41) is 21.2. The van der Waals surface area contributed by atoms with Crippen LogP contribution in [0.4, 0.5) is 11.4 Å². The predicted molar refractivity (Wildman–Crippen MR) is 129 cm³/mol. The summed E-state index contributed by atoms with van der Waals surface area (Å²) in [5.74, 6) is 0.789. The molecule has 1 aliphatic heterocycles. The minimum absolute atomic E-state index is 0.149. The van der Waals surface area contributed by atoms with Gasteiger partial charge in [-0.05, 0) is 48.0 Å². The summed E-state index contributed by atoms with van der Waals surface area (Å²) in [5.41, 5.74) is 4.51. The molecule has 0 radical (unpaired) electrons. The molecule has 31 heavy (non-hydrogen) atoms. The predicted octanol–water partition coefficient (Wildman–Crippen LogP) is 5.00. The SMILES string of the molecule is C=N/C=C(/Cc1ccc(N/C=C\C=N)cc1)SCN1CCc2ccc([N+](=O)[O-])cc2C1. The van der Waals surface area contributed by atoms with E-state index in [9.17, 15) is 10.1 Å². The van der Waals surface area contributed by atoms with E-state index in [4.69, 9.17) is 5.41 Å². The molecule has 2 aromatic carbocycles. The van der Waals surface area contributed by atoms with Crippen molar-refractivity contribution in [2.24, 2.45) is 4.99 Å². The van der Waals surface area contributed by atoms with Crippen molar-refractivity contribution in [3.8, 4) is 0 Å². The van der Waals surface area contributed by atoms with Gasteiger partial charge in [-0.25, -0.2) is 0 Å². The lowest BCUT2D eigenvalue weighted by atomic mass is 9.99. The number of non-ortho nitro benzene ring substituents is 1. The Bertz CT molecular complexity index is 1000. The number of nitro groups is 1. The molecule has 0 atom stereocenters. The van der Waals surface area contributed by atoms with Gasteiger partial charge >= 0.3 is 0 Å². The van der Waals surface area contributed by atoms with Crippen LogP contribution < -0.4 is 5.32 Å². The Labute approximate surface area is 186 Å². The number of nitrogens with one attached hydrogen (secondary N) is 2. The van der Waals surface area contributed by atoms with Crippen LogP contribution in [0.15, 0.2) is 70.8 Å². The summed E-state index contributed by atoms with van der Waals surface area (Å²) in [7, 11) is 0. The summed E-state index contributed by atoms with van der Waals surface area (Å²) in [6.45, 7) is 5.23. The van der Waals surface area contributed by atoms with Gasteiger partial charge in [0.25, 0.3) is 5.69 Å². The molecule has 0 saturated heterocycles. The first kappa shape index (κ1) is 22.5. The molecule has 0 bridgehead atoms. The Morgan fingerprint density at radius 2 is 2.10 bits per heavy atom. The average molecular weight is 436 g/mol. The molecule has 0 unspecified atom stereocenters. The van der Waals surface area contributed by atoms with Gasteiger partial charge < -0.3 is 10.7 Å². The summed E-state index contributed by atoms with van der Waals surface area (Å²) in [4.78, 5) is 18.1. The lowest BCUT2D eigenvalue weighted by Crippen LogP contribution is -2.30. The van der Waals surface area contributed by atoms with E-state index in [0.29, 0.717) is 6.54 Å². The molecule has 0 spiro atoms. The van der Waals surface area contributed by atoms with Gasteiger partial charge in [-0.3, -0.25) is 20.0 Å². The second kappa shape index (κ2) is 11.2. The number of aliphatic imine (C=N–C) groups is 1. The molecule has 0 saturated carbocycles. The number of hydrogen-bond acceptors (Lipinski definition) is 7. The van der Waals surface area contributed by atoms with E-state index >= 15 is 0 Å². The highest BCUT2D eigenvalue weighted by Crippen LogP contribution is 2.28. The van der Waals surface area contributed by atoms with Gasteiger partial charge in [-0.1, -0.05) is 18.2 Å². The van der Waals surface area contributed by atoms with Crippen LogP contribution in [0.25, 0.3) is 0 Å². The Balaban J connectivity index is 1.57. The Morgan fingerprint density at radius 3 is 2.81 bits per heavy atom. The van der Waals surface area contributed by atoms with Crippen LogP contribution in [0.2, 0.25) is 0 Å². The Morgan fingerprint density at radius 1 is 1.29 bits per heavy atom. The molecule has 0 aromatic heterocycles. The minimum Gasteiger partial charge on any atom is -0.362 e. The number of hydrogen-bond donors (Lipinski definition) is 2. The molecule has 1 aliphatic rings. The fraction of sp³-hybridized carbons (Fsp3) is 0.217. The van der Waals surface area contributed by atoms with Crippen molar-refractivity contribution in [2.45, 2.75) is 19.4 Å². The van der Waals surface area contributed by atoms with Gasteiger partial charge in [0.15, 0.2) is 0 Å². The van der Waals surface area contributed by atoms with Crippen molar-refractivity contribution < 1.29 is 4.92 Å². The summed E-state index contributed by atoms with van der Waals surface area (Å²) < 4.78 is 0. The third-order valence-electron chi connectivity index (χ3n) is 4.93. The first-order valence-electron chi connectivity index (χ1n) is 9.86. The molecule has 0 amide bonds. The van der Waals surface area contributed by atoms with E-state index in [1.54, 1.807) is 42.4 Å². The van der Waals surface area contributed by atoms with Crippen molar-refractivity contribution in [3.05, 3.63) is 92.7 Å². The van der Waals surface area contributed by atoms with E-state index in [2.05, 4.69) is 34.1 Å². The van der Waals surface area contributed by atoms with Gasteiger partial charge in [0, 0.05) is 66.7 Å². The number of rotatable bonds is 10. The second-order valence-corrected chi connectivity index (χ2v) is 8.18. The monoisotopic (exact) mass is 435 g/mol. The largest absolute Gasteiger partial charge is 0.362 e. The molecular weight excluding hydrogens is 410 g/mol. The smallest absolute Gasteiger partial charge is 0.269 e. The first-order valence-corrected chi connectivity index (χ1v) is 10.8. The van der Waals surface area contributed by atoms with E-state index in [0.717, 1.165) is 41.4 Å². The van der Waals surface area contributed by atoms with Crippen LogP contribution >= 0.6 is 11.8 Å². The fourth-order valence-electron chi connectivity index (χ4n) is 3.35. The molecule has 8 heteroatoms. The van der Waals surface area contributed by atoms with Crippen molar-refractivity contribution in [2.75, 3.05) is 17.7 Å². The minimum atomic E-state index is -0.338. The summed E-state index contributed by atoms with van der Waals surface area (Å²) in [6, 6.07) is 13.3. The molecule has 0 aliphatic carbocycles. The highest BCUT2D eigenvalue weighted by Gasteiger charge is 2.19. The van der Waals surface area contributed by atoms with Gasteiger partial charge in [0.2, 0.25) is 0 Å². The van der Waals surface area contributed by atoms with Crippen molar-refractivity contribution >= 4 is 36.1 Å². The maximum Gasteiger partial charge on any atom is 0.269 e. The standard InChI is InChI=1S/C23H25N5O2S/c1-25-15-23(13-18-3-6-21(7-4-18)26-11-2-10-24)31-17-27-12-9-19-5-8-22(28(29)30)14-20(19)16-27/h2-8,10-11,14-15,24,26H,1,9,12-13,16-17H2/b11-2-,23-15-,24-10?. The Kier molecular flexibility index (Phi) is 8.14. The summed E-state index contributed by atoms with van der Waals surface area (Å²) in [6.07, 6.45) is 8.02. The number of allylic oxidation sites excluding steroid dienone is 2. The molecular formula is C23H25N5O2S. The van der Waals surface area contributed by atoms with Crippen LogP contribution in [-0.4, -0.2) is 35.2 Å². The average Bonchev–Trinajstić information content (AvgIpc) is 2.78. The lowest BCUT2D eigenvalue weighted by Gasteiger charge is -2.28. The van der Waals surface area contributed by atoms with Crippen molar-refractivity contribution in [3.63, 3.8) is 0 Å². The quantitative estimate of drug-likeness (QED) is 0.311. The zero-order valence-corrected chi connectivity index (χ0v) is 18.0. The van der Waals surface area contributed by atoms with E-state index in [1.807, 2.05) is 18.2 Å². The number of nitro benzene ring substituents is 1.